The maximum atomic E-state index is 13.0. The number of nitrogens with one attached hydrogen (secondary N) is 2. The Bertz CT molecular complexity index is 677. The van der Waals surface area contributed by atoms with Crippen LogP contribution < -0.4 is 10.6 Å². The predicted molar refractivity (Wildman–Crippen MR) is 108 cm³/mol. The number of hydrogen-bond acceptors (Lipinski definition) is 4. The maximum absolute atomic E-state index is 13.0. The Kier molecular flexibility index (Phi) is 7.05. The van der Waals surface area contributed by atoms with Crippen molar-refractivity contribution in [2.24, 2.45) is 5.41 Å². The number of carbonyl (C=O) groups excluding carboxylic acids is 2. The summed E-state index contributed by atoms with van der Waals surface area (Å²) in [6.07, 6.45) is 12.0. The molecule has 154 valence electrons. The van der Waals surface area contributed by atoms with Crippen molar-refractivity contribution in [2.45, 2.75) is 76.8 Å². The van der Waals surface area contributed by atoms with Crippen molar-refractivity contribution >= 4 is 11.8 Å². The van der Waals surface area contributed by atoms with Crippen molar-refractivity contribution in [1.82, 2.24) is 15.6 Å². The minimum absolute atomic E-state index is 0.0619. The van der Waals surface area contributed by atoms with Gasteiger partial charge in [0.25, 0.3) is 5.91 Å². The van der Waals surface area contributed by atoms with Gasteiger partial charge in [-0.1, -0.05) is 12.8 Å². The number of hydrogen-bond donors (Lipinski definition) is 2. The number of aryl methyl sites for hydroxylation is 1. The third-order valence-electron chi connectivity index (χ3n) is 6.36. The first kappa shape index (κ1) is 20.8. The van der Waals surface area contributed by atoms with E-state index in [1.54, 1.807) is 19.5 Å². The fourth-order valence-electron chi connectivity index (χ4n) is 4.61. The third-order valence-corrected chi connectivity index (χ3v) is 6.36. The lowest BCUT2D eigenvalue weighted by Gasteiger charge is -2.34. The topological polar surface area (TPSA) is 80.3 Å². The monoisotopic (exact) mass is 387 g/mol. The summed E-state index contributed by atoms with van der Waals surface area (Å²) in [5.74, 6) is 0.147. The molecule has 2 N–H and O–H groups in total. The van der Waals surface area contributed by atoms with Crippen LogP contribution in [0.5, 0.6) is 0 Å². The lowest BCUT2D eigenvalue weighted by atomic mass is 9.81. The van der Waals surface area contributed by atoms with Gasteiger partial charge in [0, 0.05) is 38.2 Å². The van der Waals surface area contributed by atoms with Gasteiger partial charge in [0.2, 0.25) is 5.91 Å². The van der Waals surface area contributed by atoms with Gasteiger partial charge < -0.3 is 15.4 Å². The van der Waals surface area contributed by atoms with Crippen LogP contribution in [0.2, 0.25) is 0 Å². The van der Waals surface area contributed by atoms with Crippen LogP contribution in [-0.4, -0.2) is 42.6 Å². The average Bonchev–Trinajstić information content (AvgIpc) is 3.18. The minimum Gasteiger partial charge on any atom is -0.385 e. The van der Waals surface area contributed by atoms with Gasteiger partial charge >= 0.3 is 0 Å². The summed E-state index contributed by atoms with van der Waals surface area (Å²) < 4.78 is 5.24. The molecule has 2 saturated carbocycles. The molecule has 0 radical (unpaired) electrons. The van der Waals surface area contributed by atoms with E-state index in [9.17, 15) is 9.59 Å². The molecule has 0 unspecified atom stereocenters. The molecule has 0 bridgehead atoms. The molecule has 2 amide bonds. The number of nitrogens with zero attached hydrogens (tertiary/aromatic N) is 1. The smallest absolute Gasteiger partial charge is 0.253 e. The van der Waals surface area contributed by atoms with Crippen LogP contribution in [0.15, 0.2) is 18.5 Å². The van der Waals surface area contributed by atoms with E-state index in [0.717, 1.165) is 63.4 Å². The molecule has 1 aromatic rings. The van der Waals surface area contributed by atoms with Crippen molar-refractivity contribution in [3.8, 4) is 0 Å². The molecule has 2 aliphatic carbocycles. The Morgan fingerprint density at radius 2 is 1.75 bits per heavy atom. The molecule has 0 aliphatic heterocycles. The van der Waals surface area contributed by atoms with E-state index in [1.807, 2.05) is 13.0 Å². The summed E-state index contributed by atoms with van der Waals surface area (Å²) in [6.45, 7) is 2.57. The number of methoxy groups -OCH3 is 1. The first-order valence-corrected chi connectivity index (χ1v) is 10.5. The highest BCUT2D eigenvalue weighted by Crippen LogP contribution is 2.41. The molecule has 28 heavy (non-hydrogen) atoms. The van der Waals surface area contributed by atoms with Crippen LogP contribution in [0.25, 0.3) is 0 Å². The molecule has 6 heteroatoms. The fourth-order valence-corrected chi connectivity index (χ4v) is 4.61. The standard InChI is InChI=1S/C22H33N3O3/c1-16-13-17(15-23-14-16)20(26)24-18-5-7-19(8-6-18)25-21(27)22(11-12-28-2)9-3-4-10-22/h13-15,18-19H,3-12H2,1-2H3,(H,24,26)(H,25,27). The number of amides is 2. The molecular weight excluding hydrogens is 354 g/mol. The van der Waals surface area contributed by atoms with Crippen molar-refractivity contribution in [2.75, 3.05) is 13.7 Å². The van der Waals surface area contributed by atoms with Crippen LogP contribution in [0.4, 0.5) is 0 Å². The molecule has 0 aromatic carbocycles. The Hall–Kier alpha value is -1.95. The van der Waals surface area contributed by atoms with Gasteiger partial charge in [0.1, 0.15) is 0 Å². The van der Waals surface area contributed by atoms with E-state index < -0.39 is 0 Å². The quantitative estimate of drug-likeness (QED) is 0.753. The number of rotatable bonds is 7. The lowest BCUT2D eigenvalue weighted by Crippen LogP contribution is -2.48. The summed E-state index contributed by atoms with van der Waals surface area (Å²) in [5, 5.41) is 6.42. The zero-order valence-electron chi connectivity index (χ0n) is 17.1. The Balaban J connectivity index is 1.47. The van der Waals surface area contributed by atoms with Crippen molar-refractivity contribution in [3.05, 3.63) is 29.6 Å². The molecule has 3 rings (SSSR count). The molecule has 0 spiro atoms. The van der Waals surface area contributed by atoms with Gasteiger partial charge in [-0.15, -0.1) is 0 Å². The summed E-state index contributed by atoms with van der Waals surface area (Å²) >= 11 is 0. The van der Waals surface area contributed by atoms with Crippen LogP contribution in [-0.2, 0) is 9.53 Å². The van der Waals surface area contributed by atoms with Crippen LogP contribution in [0.1, 0.15) is 73.7 Å². The number of carbonyl (C=O) groups is 2. The molecule has 0 atom stereocenters. The summed E-state index contributed by atoms with van der Waals surface area (Å²) in [4.78, 5) is 29.5. The molecule has 2 aliphatic rings. The molecule has 1 heterocycles. The highest BCUT2D eigenvalue weighted by molar-refractivity contribution is 5.94. The maximum Gasteiger partial charge on any atom is 0.253 e. The molecule has 6 nitrogen and oxygen atoms in total. The van der Waals surface area contributed by atoms with Gasteiger partial charge in [-0.2, -0.15) is 0 Å². The molecular formula is C22H33N3O3. The first-order valence-electron chi connectivity index (χ1n) is 10.5. The van der Waals surface area contributed by atoms with Gasteiger partial charge in [0.15, 0.2) is 0 Å². The van der Waals surface area contributed by atoms with Crippen LogP contribution >= 0.6 is 0 Å². The molecule has 2 fully saturated rings. The highest BCUT2D eigenvalue weighted by Gasteiger charge is 2.41. The fraction of sp³-hybridized carbons (Fsp3) is 0.682. The Morgan fingerprint density at radius 3 is 2.36 bits per heavy atom. The van der Waals surface area contributed by atoms with Gasteiger partial charge in [0.05, 0.1) is 11.0 Å². The summed E-state index contributed by atoms with van der Waals surface area (Å²) in [6, 6.07) is 2.23. The number of aromatic nitrogens is 1. The second-order valence-corrected chi connectivity index (χ2v) is 8.48. The Labute approximate surface area is 167 Å². The van der Waals surface area contributed by atoms with E-state index in [-0.39, 0.29) is 29.3 Å². The zero-order valence-corrected chi connectivity index (χ0v) is 17.1. The van der Waals surface area contributed by atoms with E-state index in [1.165, 1.54) is 0 Å². The van der Waals surface area contributed by atoms with E-state index in [2.05, 4.69) is 15.6 Å². The van der Waals surface area contributed by atoms with E-state index in [0.29, 0.717) is 12.2 Å². The largest absolute Gasteiger partial charge is 0.385 e. The SMILES string of the molecule is COCCC1(C(=O)NC2CCC(NC(=O)c3cncc(C)c3)CC2)CCCC1. The van der Waals surface area contributed by atoms with Crippen molar-refractivity contribution in [1.29, 1.82) is 0 Å². The van der Waals surface area contributed by atoms with Crippen LogP contribution in [0.3, 0.4) is 0 Å². The second kappa shape index (κ2) is 9.50. The van der Waals surface area contributed by atoms with E-state index in [4.69, 9.17) is 4.74 Å². The van der Waals surface area contributed by atoms with E-state index >= 15 is 0 Å². The van der Waals surface area contributed by atoms with Crippen molar-refractivity contribution in [3.63, 3.8) is 0 Å². The summed E-state index contributed by atoms with van der Waals surface area (Å²) in [5.41, 5.74) is 1.35. The number of pyridine rings is 1. The molecule has 1 aromatic heterocycles. The summed E-state index contributed by atoms with van der Waals surface area (Å²) in [7, 11) is 1.70. The average molecular weight is 388 g/mol. The first-order chi connectivity index (χ1) is 13.5. The van der Waals surface area contributed by atoms with Crippen LogP contribution in [0, 0.1) is 12.3 Å². The highest BCUT2D eigenvalue weighted by atomic mass is 16.5. The third kappa shape index (κ3) is 5.10. The van der Waals surface area contributed by atoms with Gasteiger partial charge in [-0.3, -0.25) is 14.6 Å². The number of ether oxygens (including phenoxy) is 1. The molecule has 0 saturated heterocycles. The van der Waals surface area contributed by atoms with Crippen molar-refractivity contribution < 1.29 is 14.3 Å². The van der Waals surface area contributed by atoms with Gasteiger partial charge in [-0.05, 0) is 63.5 Å². The van der Waals surface area contributed by atoms with Gasteiger partial charge in [-0.25, -0.2) is 0 Å². The zero-order chi connectivity index (χ0) is 20.0. The minimum atomic E-state index is -0.237. The lowest BCUT2D eigenvalue weighted by molar-refractivity contribution is -0.133. The normalized spacial score (nSPS) is 23.9. The second-order valence-electron chi connectivity index (χ2n) is 8.48. The Morgan fingerprint density at radius 1 is 1.11 bits per heavy atom. The predicted octanol–water partition coefficient (Wildman–Crippen LogP) is 3.14.